The van der Waals surface area contributed by atoms with Crippen molar-refractivity contribution >= 4 is 45.0 Å². The zero-order chi connectivity index (χ0) is 29.8. The fourth-order valence-corrected chi connectivity index (χ4v) is 6.20. The summed E-state index contributed by atoms with van der Waals surface area (Å²) in [7, 11) is 1.48. The highest BCUT2D eigenvalue weighted by Crippen LogP contribution is 2.37. The quantitative estimate of drug-likeness (QED) is 0.256. The number of thiazole rings is 1. The van der Waals surface area contributed by atoms with E-state index in [1.54, 1.807) is 37.3 Å². The van der Waals surface area contributed by atoms with Crippen LogP contribution < -0.4 is 24.4 Å². The fourth-order valence-electron chi connectivity index (χ4n) is 4.62. The normalized spacial score (nSPS) is 14.5. The Bertz CT molecular complexity index is 1910. The minimum atomic E-state index is -0.915. The van der Waals surface area contributed by atoms with Crippen molar-refractivity contribution in [1.29, 1.82) is 5.26 Å². The molecule has 1 atom stereocenters. The van der Waals surface area contributed by atoms with Gasteiger partial charge < -0.3 is 14.2 Å². The minimum Gasteiger partial charge on any atom is -0.493 e. The summed E-state index contributed by atoms with van der Waals surface area (Å²) in [5, 5.41) is 8.90. The molecule has 3 aromatic carbocycles. The number of hydrogen-bond donors (Lipinski definition) is 0. The van der Waals surface area contributed by atoms with Gasteiger partial charge in [0.05, 0.1) is 40.0 Å². The first-order valence-electron chi connectivity index (χ1n) is 12.8. The number of nitriles is 1. The highest BCUT2D eigenvalue weighted by atomic mass is 79.9. The van der Waals surface area contributed by atoms with E-state index in [-0.39, 0.29) is 24.3 Å². The van der Waals surface area contributed by atoms with Gasteiger partial charge in [0.25, 0.3) is 5.56 Å². The highest BCUT2D eigenvalue weighted by molar-refractivity contribution is 9.10. The smallest absolute Gasteiger partial charge is 0.338 e. The van der Waals surface area contributed by atoms with Gasteiger partial charge in [0.1, 0.15) is 11.9 Å². The number of nitrogens with zero attached hydrogens (tertiary/aromatic N) is 3. The van der Waals surface area contributed by atoms with E-state index >= 15 is 0 Å². The number of esters is 1. The second-order valence-corrected chi connectivity index (χ2v) is 10.8. The molecule has 1 aliphatic heterocycles. The average Bonchev–Trinajstić information content (AvgIpc) is 3.30. The molecule has 0 radical (unpaired) electrons. The van der Waals surface area contributed by atoms with Crippen LogP contribution in [0.5, 0.6) is 11.5 Å². The second-order valence-electron chi connectivity index (χ2n) is 8.96. The van der Waals surface area contributed by atoms with Gasteiger partial charge in [-0.3, -0.25) is 9.36 Å². The predicted octanol–water partition coefficient (Wildman–Crippen LogP) is 4.75. The maximum absolute atomic E-state index is 14.0. The van der Waals surface area contributed by atoms with E-state index in [1.165, 1.54) is 23.8 Å². The Morgan fingerprint density at radius 2 is 1.93 bits per heavy atom. The van der Waals surface area contributed by atoms with Crippen molar-refractivity contribution in [3.63, 3.8) is 0 Å². The summed E-state index contributed by atoms with van der Waals surface area (Å²) in [5.41, 5.74) is 1.99. The molecule has 0 saturated heterocycles. The Kier molecular flexibility index (Phi) is 8.66. The molecule has 1 aliphatic rings. The lowest BCUT2D eigenvalue weighted by Gasteiger charge is -2.25. The number of hydrogen-bond acceptors (Lipinski definition) is 8. The monoisotopic (exact) mass is 647 g/mol. The zero-order valence-electron chi connectivity index (χ0n) is 22.5. The fraction of sp³-hybridized carbons (Fsp3) is 0.161. The molecule has 0 unspecified atom stereocenters. The van der Waals surface area contributed by atoms with Crippen molar-refractivity contribution in [2.24, 2.45) is 4.99 Å². The van der Waals surface area contributed by atoms with Gasteiger partial charge in [-0.2, -0.15) is 5.26 Å². The lowest BCUT2D eigenvalue weighted by molar-refractivity contribution is -0.138. The van der Waals surface area contributed by atoms with E-state index < -0.39 is 17.8 Å². The molecule has 2 heterocycles. The van der Waals surface area contributed by atoms with Crippen LogP contribution in [-0.4, -0.2) is 30.9 Å². The molecular weight excluding hydrogens is 625 g/mol. The molecule has 0 aliphatic carbocycles. The van der Waals surface area contributed by atoms with E-state index in [2.05, 4.69) is 15.9 Å². The number of fused-ring (bicyclic) bond motifs is 1. The number of rotatable bonds is 8. The third-order valence-corrected chi connectivity index (χ3v) is 7.96. The predicted molar refractivity (Wildman–Crippen MR) is 159 cm³/mol. The van der Waals surface area contributed by atoms with E-state index in [0.717, 1.165) is 11.3 Å². The Balaban J connectivity index is 1.77. The van der Waals surface area contributed by atoms with Crippen LogP contribution in [0.1, 0.15) is 29.7 Å². The summed E-state index contributed by atoms with van der Waals surface area (Å²) in [5.74, 6) is -0.331. The van der Waals surface area contributed by atoms with Crippen LogP contribution in [0.25, 0.3) is 11.8 Å². The van der Waals surface area contributed by atoms with Crippen molar-refractivity contribution < 1.29 is 23.4 Å². The molecule has 0 fully saturated rings. The Hall–Kier alpha value is -4.53. The number of benzene rings is 3. The molecule has 1 aromatic heterocycles. The largest absolute Gasteiger partial charge is 0.493 e. The van der Waals surface area contributed by atoms with Gasteiger partial charge in [-0.25, -0.2) is 14.2 Å². The number of methoxy groups -OCH3 is 1. The maximum Gasteiger partial charge on any atom is 0.338 e. The summed E-state index contributed by atoms with van der Waals surface area (Å²) in [6.45, 7) is 1.66. The molecule has 0 spiro atoms. The minimum absolute atomic E-state index is 0.121. The van der Waals surface area contributed by atoms with Crippen molar-refractivity contribution in [3.05, 3.63) is 119 Å². The third-order valence-electron chi connectivity index (χ3n) is 6.39. The Morgan fingerprint density at radius 3 is 2.60 bits per heavy atom. The SMILES string of the molecule is CCOC(=O)C1=C(c2ccccc2)N=c2sc(=Cc3cc(Br)c(OCC#N)c(OC)c3)c(=O)n2[C@@H]1c1ccc(F)cc1. The number of aromatic nitrogens is 1. The van der Waals surface area contributed by atoms with Gasteiger partial charge in [0.2, 0.25) is 0 Å². The van der Waals surface area contributed by atoms with Crippen molar-refractivity contribution in [2.75, 3.05) is 20.3 Å². The second kappa shape index (κ2) is 12.5. The van der Waals surface area contributed by atoms with Gasteiger partial charge in [-0.15, -0.1) is 0 Å². The number of ether oxygens (including phenoxy) is 3. The number of carbonyl (C=O) groups is 1. The van der Waals surface area contributed by atoms with Crippen molar-refractivity contribution in [2.45, 2.75) is 13.0 Å². The van der Waals surface area contributed by atoms with Crippen LogP contribution in [0.4, 0.5) is 4.39 Å². The molecule has 0 bridgehead atoms. The van der Waals surface area contributed by atoms with Crippen molar-refractivity contribution in [1.82, 2.24) is 4.57 Å². The number of halogens is 2. The summed E-state index contributed by atoms with van der Waals surface area (Å²) in [6, 6.07) is 19.3. The summed E-state index contributed by atoms with van der Waals surface area (Å²) >= 11 is 4.61. The van der Waals surface area contributed by atoms with E-state index in [1.807, 2.05) is 36.4 Å². The maximum atomic E-state index is 14.0. The molecule has 212 valence electrons. The highest BCUT2D eigenvalue weighted by Gasteiger charge is 2.35. The number of carbonyl (C=O) groups excluding carboxylic acids is 1. The zero-order valence-corrected chi connectivity index (χ0v) is 24.9. The Labute approximate surface area is 252 Å². The first kappa shape index (κ1) is 29.0. The van der Waals surface area contributed by atoms with Gasteiger partial charge in [0.15, 0.2) is 22.9 Å². The molecule has 0 amide bonds. The van der Waals surface area contributed by atoms with Crippen LogP contribution in [-0.2, 0) is 9.53 Å². The lowest BCUT2D eigenvalue weighted by atomic mass is 9.93. The van der Waals surface area contributed by atoms with E-state index in [4.69, 9.17) is 24.5 Å². The lowest BCUT2D eigenvalue weighted by Crippen LogP contribution is -2.40. The summed E-state index contributed by atoms with van der Waals surface area (Å²) < 4.78 is 32.7. The van der Waals surface area contributed by atoms with Crippen LogP contribution >= 0.6 is 27.3 Å². The van der Waals surface area contributed by atoms with Crippen LogP contribution in [0.15, 0.2) is 86.6 Å². The van der Waals surface area contributed by atoms with Gasteiger partial charge >= 0.3 is 5.97 Å². The molecule has 42 heavy (non-hydrogen) atoms. The standard InChI is InChI=1S/C31H23BrFN3O5S/c1-3-40-30(38)25-26(19-7-5-4-6-8-19)35-31-36(27(25)20-9-11-21(33)12-10-20)29(37)24(42-31)17-18-15-22(32)28(41-14-13-34)23(16-18)39-2/h4-12,15-17,27H,3,14H2,1-2H3/t27-/m1/s1. The molecule has 5 rings (SSSR count). The first-order valence-corrected chi connectivity index (χ1v) is 14.4. The molecule has 0 saturated carbocycles. The third kappa shape index (κ3) is 5.64. The van der Waals surface area contributed by atoms with E-state index in [9.17, 15) is 14.0 Å². The van der Waals surface area contributed by atoms with Crippen molar-refractivity contribution in [3.8, 4) is 17.6 Å². The molecule has 0 N–H and O–H groups in total. The first-order chi connectivity index (χ1) is 20.4. The molecule has 8 nitrogen and oxygen atoms in total. The Morgan fingerprint density at radius 1 is 1.19 bits per heavy atom. The van der Waals surface area contributed by atoms with Gasteiger partial charge in [-0.05, 0) is 64.3 Å². The average molecular weight is 649 g/mol. The van der Waals surface area contributed by atoms with Gasteiger partial charge in [0, 0.05) is 5.56 Å². The topological polar surface area (TPSA) is 103 Å². The summed E-state index contributed by atoms with van der Waals surface area (Å²) in [6.07, 6.45) is 1.68. The van der Waals surface area contributed by atoms with Gasteiger partial charge in [-0.1, -0.05) is 53.8 Å². The van der Waals surface area contributed by atoms with Crippen LogP contribution in [0.2, 0.25) is 0 Å². The molecule has 4 aromatic rings. The van der Waals surface area contributed by atoms with Crippen LogP contribution in [0, 0.1) is 17.1 Å². The molecular formula is C31H23BrFN3O5S. The summed E-state index contributed by atoms with van der Waals surface area (Å²) in [4.78, 5) is 32.7. The molecule has 11 heteroatoms. The van der Waals surface area contributed by atoms with E-state index in [0.29, 0.717) is 47.7 Å². The van der Waals surface area contributed by atoms with Crippen LogP contribution in [0.3, 0.4) is 0 Å².